The van der Waals surface area contributed by atoms with E-state index < -0.39 is 0 Å². The van der Waals surface area contributed by atoms with Gasteiger partial charge in [0.05, 0.1) is 16.3 Å². The number of nitrogens with zero attached hydrogens (tertiary/aromatic N) is 1. The van der Waals surface area contributed by atoms with Gasteiger partial charge < -0.3 is 16.0 Å². The quantitative estimate of drug-likeness (QED) is 0.516. The van der Waals surface area contributed by atoms with Crippen LogP contribution in [0.25, 0.3) is 0 Å². The summed E-state index contributed by atoms with van der Waals surface area (Å²) < 4.78 is 0. The molecule has 0 radical (unpaired) electrons. The number of hydrogen-bond acceptors (Lipinski definition) is 5. The number of urea groups is 1. The molecule has 3 amide bonds. The summed E-state index contributed by atoms with van der Waals surface area (Å²) in [5.74, 6) is -0.0539. The highest BCUT2D eigenvalue weighted by atomic mass is 32.2. The Hall–Kier alpha value is -1.54. The van der Waals surface area contributed by atoms with Crippen molar-refractivity contribution in [3.05, 3.63) is 34.1 Å². The largest absolute Gasteiger partial charge is 0.375 e. The van der Waals surface area contributed by atoms with Crippen molar-refractivity contribution in [3.63, 3.8) is 0 Å². The monoisotopic (exact) mass is 432 g/mol. The molecule has 3 N–H and O–H groups in total. The van der Waals surface area contributed by atoms with Gasteiger partial charge in [-0.1, -0.05) is 37.4 Å². The van der Waals surface area contributed by atoms with Crippen LogP contribution in [0.1, 0.15) is 57.8 Å². The van der Waals surface area contributed by atoms with Crippen molar-refractivity contribution in [2.45, 2.75) is 80.5 Å². The Morgan fingerprint density at radius 3 is 2.79 bits per heavy atom. The number of amides is 3. The normalized spacial score (nSPS) is 32.1. The summed E-state index contributed by atoms with van der Waals surface area (Å²) in [5.41, 5.74) is 2.67. The molecule has 3 atom stereocenters. The van der Waals surface area contributed by atoms with Gasteiger partial charge in [0.2, 0.25) is 0 Å². The Morgan fingerprint density at radius 2 is 2.00 bits per heavy atom. The predicted octanol–water partition coefficient (Wildman–Crippen LogP) is 3.36. The van der Waals surface area contributed by atoms with Crippen molar-refractivity contribution < 1.29 is 9.59 Å². The van der Waals surface area contributed by atoms with Crippen LogP contribution in [0.15, 0.2) is 34.1 Å². The molecule has 6 nitrogen and oxygen atoms in total. The fourth-order valence-electron chi connectivity index (χ4n) is 5.18. The predicted molar refractivity (Wildman–Crippen MR) is 118 cm³/mol. The molecule has 0 aromatic carbocycles. The summed E-state index contributed by atoms with van der Waals surface area (Å²) in [5, 5.41) is 9.93. The lowest BCUT2D eigenvalue weighted by Gasteiger charge is -2.41. The number of dihydropyridines is 1. The van der Waals surface area contributed by atoms with E-state index in [0.29, 0.717) is 15.9 Å². The molecule has 5 rings (SSSR count). The summed E-state index contributed by atoms with van der Waals surface area (Å²) in [6.45, 7) is 0. The van der Waals surface area contributed by atoms with E-state index in [1.54, 1.807) is 0 Å². The zero-order valence-electron chi connectivity index (χ0n) is 16.4. The molecule has 0 aromatic rings. The molecule has 0 spiro atoms. The minimum absolute atomic E-state index is 0.0319. The second-order valence-electron chi connectivity index (χ2n) is 8.58. The lowest BCUT2D eigenvalue weighted by molar-refractivity contribution is -0.117. The van der Waals surface area contributed by atoms with Gasteiger partial charge in [0.1, 0.15) is 5.37 Å². The second kappa shape index (κ2) is 7.95. The van der Waals surface area contributed by atoms with E-state index in [9.17, 15) is 9.59 Å². The Labute approximate surface area is 181 Å². The van der Waals surface area contributed by atoms with Crippen LogP contribution in [-0.2, 0) is 4.79 Å². The van der Waals surface area contributed by atoms with E-state index in [4.69, 9.17) is 0 Å². The first kappa shape index (κ1) is 19.4. The number of carbonyl (C=O) groups is 2. The molecule has 29 heavy (non-hydrogen) atoms. The lowest BCUT2D eigenvalue weighted by Crippen LogP contribution is -2.52. The third-order valence-electron chi connectivity index (χ3n) is 6.60. The molecule has 0 aromatic heterocycles. The first-order valence-electron chi connectivity index (χ1n) is 10.8. The van der Waals surface area contributed by atoms with Crippen molar-refractivity contribution in [3.8, 4) is 0 Å². The lowest BCUT2D eigenvalue weighted by atomic mass is 9.91. The molecule has 2 fully saturated rings. The highest BCUT2D eigenvalue weighted by molar-refractivity contribution is 8.05. The number of allylic oxidation sites excluding steroid dienone is 1. The summed E-state index contributed by atoms with van der Waals surface area (Å²) >= 11 is 6.18. The third-order valence-corrected chi connectivity index (χ3v) is 8.30. The molecule has 3 heterocycles. The zero-order chi connectivity index (χ0) is 20.0. The number of rotatable bonds is 3. The van der Waals surface area contributed by atoms with Crippen LogP contribution in [0.2, 0.25) is 0 Å². The molecule has 2 aliphatic carbocycles. The van der Waals surface area contributed by atoms with Crippen LogP contribution in [0.4, 0.5) is 4.79 Å². The maximum absolute atomic E-state index is 13.1. The molecule has 5 aliphatic rings. The fourth-order valence-corrected chi connectivity index (χ4v) is 6.79. The number of nitrogens with one attached hydrogen (secondary N) is 3. The van der Waals surface area contributed by atoms with Crippen LogP contribution in [0.3, 0.4) is 0 Å². The van der Waals surface area contributed by atoms with Gasteiger partial charge in [-0.15, -0.1) is 0 Å². The highest BCUT2D eigenvalue weighted by Gasteiger charge is 2.45. The van der Waals surface area contributed by atoms with E-state index in [1.807, 2.05) is 17.2 Å². The van der Waals surface area contributed by atoms with Crippen molar-refractivity contribution in [2.24, 2.45) is 0 Å². The van der Waals surface area contributed by atoms with Gasteiger partial charge in [-0.05, 0) is 44.4 Å². The molecule has 156 valence electrons. The standard InChI is InChI=1S/C21H28N4O2S2/c26-19(23-12-5-2-1-3-6-12)18-17-16-15(9-10-22-20(16)29-18)25(21(27)24-17)13-7-4-8-14(28)11-13/h9-10,12-14,20,22,28H,1-8,11H2,(H,23,26)(H,24,27). The average molecular weight is 433 g/mol. The fraction of sp³-hybridized carbons (Fsp3) is 0.619. The Morgan fingerprint density at radius 1 is 1.17 bits per heavy atom. The summed E-state index contributed by atoms with van der Waals surface area (Å²) in [6, 6.07) is 0.281. The van der Waals surface area contributed by atoms with Crippen LogP contribution >= 0.6 is 24.4 Å². The van der Waals surface area contributed by atoms with E-state index in [-0.39, 0.29) is 29.4 Å². The van der Waals surface area contributed by atoms with Gasteiger partial charge >= 0.3 is 6.03 Å². The SMILES string of the molecule is O=C(NC1CCCCC1)C1=C2NC(=O)N(C3CCCC(S)C3)C3=C2C(NC=C3)S1. The van der Waals surface area contributed by atoms with Crippen molar-refractivity contribution >= 4 is 36.3 Å². The first-order chi connectivity index (χ1) is 14.1. The Kier molecular flexibility index (Phi) is 5.32. The van der Waals surface area contributed by atoms with Crippen molar-refractivity contribution in [2.75, 3.05) is 0 Å². The summed E-state index contributed by atoms with van der Waals surface area (Å²) in [6.07, 6.45) is 13.7. The number of carbonyl (C=O) groups excluding carboxylic acids is 2. The summed E-state index contributed by atoms with van der Waals surface area (Å²) in [4.78, 5) is 28.7. The Bertz CT molecular complexity index is 815. The van der Waals surface area contributed by atoms with Gasteiger partial charge in [0.15, 0.2) is 0 Å². The molecule has 0 saturated heterocycles. The van der Waals surface area contributed by atoms with E-state index in [2.05, 4.69) is 28.6 Å². The maximum Gasteiger partial charge on any atom is 0.326 e. The van der Waals surface area contributed by atoms with Gasteiger partial charge in [-0.3, -0.25) is 9.69 Å². The van der Waals surface area contributed by atoms with Gasteiger partial charge in [0.25, 0.3) is 5.91 Å². The van der Waals surface area contributed by atoms with E-state index in [0.717, 1.165) is 49.8 Å². The summed E-state index contributed by atoms with van der Waals surface area (Å²) in [7, 11) is 0. The molecule has 2 saturated carbocycles. The maximum atomic E-state index is 13.1. The van der Waals surface area contributed by atoms with Crippen molar-refractivity contribution in [1.29, 1.82) is 0 Å². The van der Waals surface area contributed by atoms with Crippen LogP contribution in [0, 0.1) is 0 Å². The number of hydrogen-bond donors (Lipinski definition) is 4. The van der Waals surface area contributed by atoms with E-state index >= 15 is 0 Å². The van der Waals surface area contributed by atoms with Gasteiger partial charge in [-0.2, -0.15) is 12.6 Å². The van der Waals surface area contributed by atoms with Gasteiger partial charge in [0, 0.05) is 22.9 Å². The molecule has 3 aliphatic heterocycles. The van der Waals surface area contributed by atoms with Crippen LogP contribution < -0.4 is 16.0 Å². The third kappa shape index (κ3) is 3.58. The first-order valence-corrected chi connectivity index (χ1v) is 12.2. The number of thiol groups is 1. The Balaban J connectivity index is 1.45. The van der Waals surface area contributed by atoms with Gasteiger partial charge in [-0.25, -0.2) is 4.79 Å². The molecule has 0 bridgehead atoms. The molecular weight excluding hydrogens is 404 g/mol. The van der Waals surface area contributed by atoms with Crippen molar-refractivity contribution in [1.82, 2.24) is 20.9 Å². The second-order valence-corrected chi connectivity index (χ2v) is 10.4. The molecule has 8 heteroatoms. The minimum Gasteiger partial charge on any atom is -0.375 e. The topological polar surface area (TPSA) is 73.5 Å². The average Bonchev–Trinajstić information content (AvgIpc) is 3.09. The van der Waals surface area contributed by atoms with Crippen LogP contribution in [-0.4, -0.2) is 39.5 Å². The smallest absolute Gasteiger partial charge is 0.326 e. The zero-order valence-corrected chi connectivity index (χ0v) is 18.2. The number of thioether (sulfide) groups is 1. The molecular formula is C21H28N4O2S2. The van der Waals surface area contributed by atoms with E-state index in [1.165, 1.54) is 31.0 Å². The highest BCUT2D eigenvalue weighted by Crippen LogP contribution is 2.46. The van der Waals surface area contributed by atoms with Crippen LogP contribution in [0.5, 0.6) is 0 Å². The minimum atomic E-state index is -0.123. The molecule has 3 unspecified atom stereocenters.